The van der Waals surface area contributed by atoms with Gasteiger partial charge in [-0.3, -0.25) is 9.36 Å². The van der Waals surface area contributed by atoms with Crippen LogP contribution in [0.15, 0.2) is 46.1 Å². The van der Waals surface area contributed by atoms with Gasteiger partial charge in [0, 0.05) is 15.7 Å². The van der Waals surface area contributed by atoms with Gasteiger partial charge < -0.3 is 5.73 Å². The van der Waals surface area contributed by atoms with Crippen molar-refractivity contribution in [3.8, 4) is 5.69 Å². The summed E-state index contributed by atoms with van der Waals surface area (Å²) in [5.74, 6) is -0.607. The van der Waals surface area contributed by atoms with Gasteiger partial charge in [0.05, 0.1) is 17.3 Å². The normalized spacial score (nSPS) is 19.4. The minimum absolute atomic E-state index is 0. The molecule has 6 nitrogen and oxygen atoms in total. The molecule has 2 N–H and O–H groups in total. The number of aromatic nitrogens is 3. The van der Waals surface area contributed by atoms with Gasteiger partial charge in [-0.1, -0.05) is 6.07 Å². The highest BCUT2D eigenvalue weighted by molar-refractivity contribution is 14.1. The number of rotatable bonds is 2. The maximum absolute atomic E-state index is 13.8. The van der Waals surface area contributed by atoms with Crippen molar-refractivity contribution in [2.45, 2.75) is 37.8 Å². The fourth-order valence-electron chi connectivity index (χ4n) is 3.71. The Labute approximate surface area is 180 Å². The number of pyridine rings is 1. The molecule has 1 aliphatic carbocycles. The molecule has 28 heavy (non-hydrogen) atoms. The Hall–Kier alpha value is -1.78. The smallest absolute Gasteiger partial charge is 0.328 e. The monoisotopic (exact) mass is 516 g/mol. The van der Waals surface area contributed by atoms with E-state index in [0.29, 0.717) is 18.5 Å². The molecule has 0 spiro atoms. The van der Waals surface area contributed by atoms with E-state index in [1.54, 1.807) is 6.07 Å². The SMILES string of the molecule is Cl.N[C@H]1CC[C@@H](n2c(=O)c3cc(F)cnc3n(-c3cccc(I)c3)c2=O)CC1. The molecule has 0 radical (unpaired) electrons. The van der Waals surface area contributed by atoms with Crippen LogP contribution < -0.4 is 17.0 Å². The van der Waals surface area contributed by atoms with Crippen LogP contribution in [0.4, 0.5) is 4.39 Å². The quantitative estimate of drug-likeness (QED) is 0.531. The lowest BCUT2D eigenvalue weighted by atomic mass is 9.91. The molecule has 3 aromatic rings. The molecule has 0 unspecified atom stereocenters. The van der Waals surface area contributed by atoms with E-state index >= 15 is 0 Å². The lowest BCUT2D eigenvalue weighted by Crippen LogP contribution is -2.44. The van der Waals surface area contributed by atoms with E-state index in [4.69, 9.17) is 5.73 Å². The van der Waals surface area contributed by atoms with E-state index in [1.807, 2.05) is 18.2 Å². The summed E-state index contributed by atoms with van der Waals surface area (Å²) in [6, 6.07) is 8.34. The largest absolute Gasteiger partial charge is 0.337 e. The molecular weight excluding hydrogens is 498 g/mol. The Kier molecular flexibility index (Phi) is 6.21. The number of halogens is 3. The van der Waals surface area contributed by atoms with Crippen LogP contribution in [0.3, 0.4) is 0 Å². The molecule has 0 atom stereocenters. The minimum Gasteiger partial charge on any atom is -0.328 e. The molecule has 0 amide bonds. The summed E-state index contributed by atoms with van der Waals surface area (Å²) < 4.78 is 17.4. The van der Waals surface area contributed by atoms with Crippen molar-refractivity contribution in [2.24, 2.45) is 5.73 Å². The van der Waals surface area contributed by atoms with E-state index in [1.165, 1.54) is 9.13 Å². The Bertz CT molecular complexity index is 1140. The average molecular weight is 517 g/mol. The first-order valence-electron chi connectivity index (χ1n) is 8.80. The van der Waals surface area contributed by atoms with Crippen LogP contribution in [-0.2, 0) is 0 Å². The molecule has 4 rings (SSSR count). The van der Waals surface area contributed by atoms with Crippen LogP contribution in [0.2, 0.25) is 0 Å². The number of nitrogens with two attached hydrogens (primary N) is 1. The van der Waals surface area contributed by atoms with Crippen LogP contribution in [0, 0.1) is 9.39 Å². The van der Waals surface area contributed by atoms with Gasteiger partial charge in [-0.25, -0.2) is 18.7 Å². The first kappa shape index (κ1) is 20.9. The lowest BCUT2D eigenvalue weighted by Gasteiger charge is -2.27. The zero-order valence-electron chi connectivity index (χ0n) is 14.8. The van der Waals surface area contributed by atoms with Crippen molar-refractivity contribution in [3.63, 3.8) is 0 Å². The zero-order valence-corrected chi connectivity index (χ0v) is 17.8. The number of nitrogens with zero attached hydrogens (tertiary/aromatic N) is 3. The lowest BCUT2D eigenvalue weighted by molar-refractivity contribution is 0.309. The second-order valence-electron chi connectivity index (χ2n) is 6.87. The maximum Gasteiger partial charge on any atom is 0.337 e. The molecule has 1 fully saturated rings. The second-order valence-corrected chi connectivity index (χ2v) is 8.11. The van der Waals surface area contributed by atoms with Gasteiger partial charge >= 0.3 is 5.69 Å². The Morgan fingerprint density at radius 3 is 2.54 bits per heavy atom. The highest BCUT2D eigenvalue weighted by Crippen LogP contribution is 2.26. The second kappa shape index (κ2) is 8.30. The third-order valence-electron chi connectivity index (χ3n) is 5.06. The third kappa shape index (κ3) is 3.72. The summed E-state index contributed by atoms with van der Waals surface area (Å²) in [4.78, 5) is 30.4. The van der Waals surface area contributed by atoms with Gasteiger partial charge in [-0.2, -0.15) is 0 Å². The van der Waals surface area contributed by atoms with Gasteiger partial charge in [0.15, 0.2) is 5.65 Å². The predicted molar refractivity (Wildman–Crippen MR) is 117 cm³/mol. The highest BCUT2D eigenvalue weighted by Gasteiger charge is 2.25. The Balaban J connectivity index is 0.00000225. The third-order valence-corrected chi connectivity index (χ3v) is 5.74. The number of hydrogen-bond acceptors (Lipinski definition) is 4. The summed E-state index contributed by atoms with van der Waals surface area (Å²) >= 11 is 2.16. The van der Waals surface area contributed by atoms with Gasteiger partial charge in [-0.05, 0) is 72.5 Å². The van der Waals surface area contributed by atoms with Crippen molar-refractivity contribution in [1.29, 1.82) is 0 Å². The van der Waals surface area contributed by atoms with Crippen molar-refractivity contribution in [2.75, 3.05) is 0 Å². The summed E-state index contributed by atoms with van der Waals surface area (Å²) in [5.41, 5.74) is 5.78. The molecule has 2 aromatic heterocycles. The van der Waals surface area contributed by atoms with Crippen molar-refractivity contribution in [1.82, 2.24) is 14.1 Å². The Morgan fingerprint density at radius 1 is 1.14 bits per heavy atom. The highest BCUT2D eigenvalue weighted by atomic mass is 127. The van der Waals surface area contributed by atoms with Crippen LogP contribution in [0.25, 0.3) is 16.7 Å². The minimum atomic E-state index is -0.607. The maximum atomic E-state index is 13.8. The molecule has 0 saturated heterocycles. The van der Waals surface area contributed by atoms with Crippen LogP contribution >= 0.6 is 35.0 Å². The summed E-state index contributed by atoms with van der Waals surface area (Å²) in [5, 5.41) is 0.100. The molecule has 1 aromatic carbocycles. The molecule has 0 bridgehead atoms. The van der Waals surface area contributed by atoms with Gasteiger partial charge in [0.1, 0.15) is 5.82 Å². The molecule has 1 aliphatic rings. The standard InChI is InChI=1S/C19H18FIN4O2.ClH/c20-11-8-16-17(23-10-11)24(15-3-1-2-12(21)9-15)19(27)25(18(16)26)14-6-4-13(22)5-7-14;/h1-3,8-10,13-14H,4-7,22H2;1H/t13-,14+;. The van der Waals surface area contributed by atoms with Crippen LogP contribution in [0.5, 0.6) is 0 Å². The van der Waals surface area contributed by atoms with Gasteiger partial charge in [0.2, 0.25) is 0 Å². The van der Waals surface area contributed by atoms with Crippen molar-refractivity contribution < 1.29 is 4.39 Å². The van der Waals surface area contributed by atoms with E-state index < -0.39 is 17.1 Å². The first-order valence-corrected chi connectivity index (χ1v) is 9.88. The molecule has 148 valence electrons. The summed E-state index contributed by atoms with van der Waals surface area (Å²) in [6.45, 7) is 0. The van der Waals surface area contributed by atoms with E-state index in [2.05, 4.69) is 27.6 Å². The average Bonchev–Trinajstić information content (AvgIpc) is 2.64. The van der Waals surface area contributed by atoms with Crippen molar-refractivity contribution >= 4 is 46.0 Å². The van der Waals surface area contributed by atoms with Crippen LogP contribution in [0.1, 0.15) is 31.7 Å². The van der Waals surface area contributed by atoms with E-state index in [9.17, 15) is 14.0 Å². The topological polar surface area (TPSA) is 82.9 Å². The van der Waals surface area contributed by atoms with Gasteiger partial charge in [-0.15, -0.1) is 12.4 Å². The first-order chi connectivity index (χ1) is 13.0. The summed E-state index contributed by atoms with van der Waals surface area (Å²) in [6.07, 6.45) is 3.82. The van der Waals surface area contributed by atoms with E-state index in [-0.39, 0.29) is 35.5 Å². The van der Waals surface area contributed by atoms with E-state index in [0.717, 1.165) is 28.7 Å². The molecule has 2 heterocycles. The predicted octanol–water partition coefficient (Wildman–Crippen LogP) is 3.16. The Morgan fingerprint density at radius 2 is 1.86 bits per heavy atom. The molecule has 9 heteroatoms. The number of benzene rings is 1. The number of hydrogen-bond donors (Lipinski definition) is 1. The summed E-state index contributed by atoms with van der Waals surface area (Å²) in [7, 11) is 0. The fraction of sp³-hybridized carbons (Fsp3) is 0.316. The number of fused-ring (bicyclic) bond motifs is 1. The molecule has 0 aliphatic heterocycles. The molecule has 1 saturated carbocycles. The molecular formula is C19H19ClFIN4O2. The van der Waals surface area contributed by atoms with Crippen LogP contribution in [-0.4, -0.2) is 20.2 Å². The fourth-order valence-corrected chi connectivity index (χ4v) is 4.24. The van der Waals surface area contributed by atoms with Gasteiger partial charge in [0.25, 0.3) is 5.56 Å². The zero-order chi connectivity index (χ0) is 19.1. The van der Waals surface area contributed by atoms with Crippen molar-refractivity contribution in [3.05, 3.63) is 66.8 Å².